The molecular weight excluding hydrogens is 190 g/mol. The summed E-state index contributed by atoms with van der Waals surface area (Å²) in [5.41, 5.74) is 5.23. The van der Waals surface area contributed by atoms with Gasteiger partial charge < -0.3 is 16.4 Å². The van der Waals surface area contributed by atoms with Gasteiger partial charge in [0.15, 0.2) is 0 Å². The first-order valence-corrected chi connectivity index (χ1v) is 5.61. The Bertz CT molecular complexity index is 226. The van der Waals surface area contributed by atoms with E-state index >= 15 is 0 Å². The van der Waals surface area contributed by atoms with E-state index in [0.717, 1.165) is 25.9 Å². The van der Waals surface area contributed by atoms with Crippen molar-refractivity contribution in [3.05, 3.63) is 0 Å². The third-order valence-electron chi connectivity index (χ3n) is 2.85. The van der Waals surface area contributed by atoms with Crippen LogP contribution >= 0.6 is 0 Å². The van der Waals surface area contributed by atoms with Gasteiger partial charge in [-0.25, -0.2) is 0 Å². The summed E-state index contributed by atoms with van der Waals surface area (Å²) in [4.78, 5) is 12.0. The summed E-state index contributed by atoms with van der Waals surface area (Å²) in [5.74, 6) is 0.119. The van der Waals surface area contributed by atoms with Gasteiger partial charge in [-0.1, -0.05) is 0 Å². The van der Waals surface area contributed by atoms with Crippen LogP contribution in [0.2, 0.25) is 0 Å². The van der Waals surface area contributed by atoms with E-state index in [2.05, 4.69) is 10.6 Å². The van der Waals surface area contributed by atoms with Gasteiger partial charge in [0.05, 0.1) is 5.41 Å². The maximum absolute atomic E-state index is 12.0. The molecule has 0 aromatic heterocycles. The largest absolute Gasteiger partial charge is 0.354 e. The van der Waals surface area contributed by atoms with Gasteiger partial charge in [0.2, 0.25) is 5.91 Å². The van der Waals surface area contributed by atoms with E-state index in [9.17, 15) is 4.79 Å². The van der Waals surface area contributed by atoms with Crippen molar-refractivity contribution in [2.45, 2.75) is 39.2 Å². The fourth-order valence-corrected chi connectivity index (χ4v) is 1.77. The molecule has 1 atom stereocenters. The molecule has 1 fully saturated rings. The number of amides is 1. The molecule has 1 amide bonds. The molecule has 4 N–H and O–H groups in total. The maximum atomic E-state index is 12.0. The monoisotopic (exact) mass is 213 g/mol. The molecule has 0 aromatic rings. The van der Waals surface area contributed by atoms with E-state index in [0.29, 0.717) is 6.54 Å². The average molecular weight is 213 g/mol. The van der Waals surface area contributed by atoms with E-state index in [1.807, 2.05) is 20.8 Å². The lowest BCUT2D eigenvalue weighted by atomic mass is 9.82. The Balaban J connectivity index is 2.45. The van der Waals surface area contributed by atoms with Gasteiger partial charge in [0, 0.05) is 18.6 Å². The molecule has 4 heteroatoms. The van der Waals surface area contributed by atoms with E-state index < -0.39 is 0 Å². The molecule has 0 bridgehead atoms. The number of hydrogen-bond acceptors (Lipinski definition) is 3. The summed E-state index contributed by atoms with van der Waals surface area (Å²) in [6.45, 7) is 8.15. The Hall–Kier alpha value is -0.610. The summed E-state index contributed by atoms with van der Waals surface area (Å²) in [5, 5.41) is 6.19. The molecular formula is C11H23N3O. The van der Waals surface area contributed by atoms with Crippen LogP contribution < -0.4 is 16.4 Å². The fourth-order valence-electron chi connectivity index (χ4n) is 1.77. The second-order valence-electron chi connectivity index (χ2n) is 5.51. The van der Waals surface area contributed by atoms with Crippen molar-refractivity contribution in [3.8, 4) is 0 Å². The molecule has 1 heterocycles. The van der Waals surface area contributed by atoms with Crippen LogP contribution in [0.25, 0.3) is 0 Å². The lowest BCUT2D eigenvalue weighted by molar-refractivity contribution is -0.131. The van der Waals surface area contributed by atoms with E-state index in [1.165, 1.54) is 0 Å². The zero-order valence-electron chi connectivity index (χ0n) is 10.0. The SMILES string of the molecule is CC(C)(N)CNC(=O)C1(C)CCCNC1. The van der Waals surface area contributed by atoms with Crippen molar-refractivity contribution in [3.63, 3.8) is 0 Å². The highest BCUT2D eigenvalue weighted by molar-refractivity contribution is 5.82. The van der Waals surface area contributed by atoms with Crippen molar-refractivity contribution in [1.82, 2.24) is 10.6 Å². The molecule has 0 radical (unpaired) electrons. The Morgan fingerprint density at radius 2 is 2.27 bits per heavy atom. The number of rotatable bonds is 3. The molecule has 0 aliphatic carbocycles. The third kappa shape index (κ3) is 3.80. The number of nitrogens with two attached hydrogens (primary N) is 1. The predicted molar refractivity (Wildman–Crippen MR) is 61.5 cm³/mol. The minimum absolute atomic E-state index is 0.119. The van der Waals surface area contributed by atoms with Gasteiger partial charge in [-0.3, -0.25) is 4.79 Å². The summed E-state index contributed by atoms with van der Waals surface area (Å²) in [7, 11) is 0. The quantitative estimate of drug-likeness (QED) is 0.628. The Morgan fingerprint density at radius 1 is 1.60 bits per heavy atom. The van der Waals surface area contributed by atoms with E-state index in [1.54, 1.807) is 0 Å². The van der Waals surface area contributed by atoms with Crippen LogP contribution in [0.15, 0.2) is 0 Å². The van der Waals surface area contributed by atoms with Gasteiger partial charge in [0.1, 0.15) is 0 Å². The first kappa shape index (κ1) is 12.5. The molecule has 0 saturated carbocycles. The molecule has 1 unspecified atom stereocenters. The molecule has 1 aliphatic heterocycles. The normalized spacial score (nSPS) is 27.5. The van der Waals surface area contributed by atoms with Crippen molar-refractivity contribution in [2.24, 2.45) is 11.1 Å². The van der Waals surface area contributed by atoms with Crippen LogP contribution in [0, 0.1) is 5.41 Å². The van der Waals surface area contributed by atoms with Gasteiger partial charge in [0.25, 0.3) is 0 Å². The highest BCUT2D eigenvalue weighted by Gasteiger charge is 2.34. The topological polar surface area (TPSA) is 67.1 Å². The van der Waals surface area contributed by atoms with Crippen LogP contribution in [-0.4, -0.2) is 31.1 Å². The zero-order valence-corrected chi connectivity index (χ0v) is 10.0. The summed E-state index contributed by atoms with van der Waals surface area (Å²) < 4.78 is 0. The number of piperidine rings is 1. The maximum Gasteiger partial charge on any atom is 0.227 e. The van der Waals surface area contributed by atoms with Crippen molar-refractivity contribution in [1.29, 1.82) is 0 Å². The van der Waals surface area contributed by atoms with Crippen LogP contribution in [-0.2, 0) is 4.79 Å². The standard InChI is InChI=1S/C11H23N3O/c1-10(2,12)7-14-9(15)11(3)5-4-6-13-8-11/h13H,4-8,12H2,1-3H3,(H,14,15). The molecule has 15 heavy (non-hydrogen) atoms. The number of carbonyl (C=O) groups excluding carboxylic acids is 1. The summed E-state index contributed by atoms with van der Waals surface area (Å²) >= 11 is 0. The zero-order chi connectivity index (χ0) is 11.5. The second kappa shape index (κ2) is 4.49. The van der Waals surface area contributed by atoms with Crippen LogP contribution in [0.5, 0.6) is 0 Å². The van der Waals surface area contributed by atoms with Gasteiger partial charge in [-0.15, -0.1) is 0 Å². The fraction of sp³-hybridized carbons (Fsp3) is 0.909. The van der Waals surface area contributed by atoms with Gasteiger partial charge in [-0.05, 0) is 40.2 Å². The number of hydrogen-bond donors (Lipinski definition) is 3. The molecule has 1 rings (SSSR count). The van der Waals surface area contributed by atoms with E-state index in [4.69, 9.17) is 5.73 Å². The molecule has 4 nitrogen and oxygen atoms in total. The minimum Gasteiger partial charge on any atom is -0.354 e. The lowest BCUT2D eigenvalue weighted by Gasteiger charge is -2.33. The predicted octanol–water partition coefficient (Wildman–Crippen LogP) is 0.230. The Labute approximate surface area is 92.0 Å². The first-order chi connectivity index (χ1) is 6.83. The minimum atomic E-state index is -0.339. The number of nitrogens with one attached hydrogen (secondary N) is 2. The van der Waals surface area contributed by atoms with Crippen LogP contribution in [0.3, 0.4) is 0 Å². The second-order valence-corrected chi connectivity index (χ2v) is 5.51. The van der Waals surface area contributed by atoms with Crippen molar-refractivity contribution in [2.75, 3.05) is 19.6 Å². The van der Waals surface area contributed by atoms with Crippen LogP contribution in [0.1, 0.15) is 33.6 Å². The summed E-state index contributed by atoms with van der Waals surface area (Å²) in [6.07, 6.45) is 2.02. The average Bonchev–Trinajstić information content (AvgIpc) is 2.14. The van der Waals surface area contributed by atoms with Crippen LogP contribution in [0.4, 0.5) is 0 Å². The highest BCUT2D eigenvalue weighted by Crippen LogP contribution is 2.25. The summed E-state index contributed by atoms with van der Waals surface area (Å²) in [6, 6.07) is 0. The van der Waals surface area contributed by atoms with Gasteiger partial charge >= 0.3 is 0 Å². The number of carbonyl (C=O) groups is 1. The molecule has 88 valence electrons. The smallest absolute Gasteiger partial charge is 0.227 e. The Morgan fingerprint density at radius 3 is 2.73 bits per heavy atom. The first-order valence-electron chi connectivity index (χ1n) is 5.61. The lowest BCUT2D eigenvalue weighted by Crippen LogP contribution is -2.53. The third-order valence-corrected chi connectivity index (χ3v) is 2.85. The van der Waals surface area contributed by atoms with Crippen molar-refractivity contribution >= 4 is 5.91 Å². The molecule has 1 saturated heterocycles. The molecule has 0 aromatic carbocycles. The Kier molecular flexibility index (Phi) is 3.73. The molecule has 1 aliphatic rings. The van der Waals surface area contributed by atoms with Crippen molar-refractivity contribution < 1.29 is 4.79 Å². The van der Waals surface area contributed by atoms with Gasteiger partial charge in [-0.2, -0.15) is 0 Å². The highest BCUT2D eigenvalue weighted by atomic mass is 16.2. The van der Waals surface area contributed by atoms with E-state index in [-0.39, 0.29) is 16.9 Å². The molecule has 0 spiro atoms.